The van der Waals surface area contributed by atoms with Gasteiger partial charge < -0.3 is 16.0 Å². The van der Waals surface area contributed by atoms with Gasteiger partial charge in [-0.05, 0) is 43.0 Å². The van der Waals surface area contributed by atoms with Gasteiger partial charge in [-0.1, -0.05) is 18.2 Å². The largest absolute Gasteiger partial charge is 0.370 e. The zero-order valence-electron chi connectivity index (χ0n) is 15.3. The van der Waals surface area contributed by atoms with E-state index in [0.29, 0.717) is 13.1 Å². The SMILES string of the molecule is N=C(N)NCCN(Cc1nc2ccccc2[nH]1)C1CCCc2cccnc21. The zero-order valence-corrected chi connectivity index (χ0v) is 15.3. The average Bonchev–Trinajstić information content (AvgIpc) is 3.09. The van der Waals surface area contributed by atoms with Crippen LogP contribution in [0.1, 0.15) is 36.0 Å². The van der Waals surface area contributed by atoms with E-state index in [1.54, 1.807) is 0 Å². The summed E-state index contributed by atoms with van der Waals surface area (Å²) in [7, 11) is 0. The Kier molecular flexibility index (Phi) is 5.02. The molecule has 1 atom stereocenters. The van der Waals surface area contributed by atoms with Gasteiger partial charge in [0.1, 0.15) is 5.82 Å². The van der Waals surface area contributed by atoms with Gasteiger partial charge in [-0.2, -0.15) is 0 Å². The monoisotopic (exact) mass is 363 g/mol. The normalized spacial score (nSPS) is 16.4. The third-order valence-corrected chi connectivity index (χ3v) is 5.11. The van der Waals surface area contributed by atoms with Crippen molar-refractivity contribution in [2.45, 2.75) is 31.8 Å². The minimum absolute atomic E-state index is 0.000793. The molecule has 0 amide bonds. The second-order valence-corrected chi connectivity index (χ2v) is 6.97. The molecule has 0 radical (unpaired) electrons. The molecule has 2 aromatic heterocycles. The fourth-order valence-electron chi connectivity index (χ4n) is 3.89. The quantitative estimate of drug-likeness (QED) is 0.397. The molecule has 0 spiro atoms. The van der Waals surface area contributed by atoms with Gasteiger partial charge in [0.25, 0.3) is 0 Å². The van der Waals surface area contributed by atoms with E-state index in [1.165, 1.54) is 11.3 Å². The van der Waals surface area contributed by atoms with Crippen LogP contribution >= 0.6 is 0 Å². The molecule has 27 heavy (non-hydrogen) atoms. The molecular weight excluding hydrogens is 338 g/mol. The van der Waals surface area contributed by atoms with Gasteiger partial charge in [-0.3, -0.25) is 15.3 Å². The Balaban J connectivity index is 1.59. The summed E-state index contributed by atoms with van der Waals surface area (Å²) in [5.41, 5.74) is 10.0. The number of benzene rings is 1. The molecular formula is C20H25N7. The van der Waals surface area contributed by atoms with Crippen molar-refractivity contribution in [3.63, 3.8) is 0 Å². The van der Waals surface area contributed by atoms with Gasteiger partial charge in [0.2, 0.25) is 0 Å². The predicted octanol–water partition coefficient (Wildman–Crippen LogP) is 2.32. The summed E-state index contributed by atoms with van der Waals surface area (Å²) in [4.78, 5) is 15.2. The van der Waals surface area contributed by atoms with E-state index in [1.807, 2.05) is 36.5 Å². The standard InChI is InChI=1S/C20H25N7/c21-20(22)24-11-12-27(13-18-25-15-7-1-2-8-16(15)26-18)17-9-3-5-14-6-4-10-23-19(14)17/h1-2,4,6-8,10,17H,3,5,9,11-13H2,(H,25,26)(H4,21,22,24). The molecule has 5 N–H and O–H groups in total. The Labute approximate surface area is 158 Å². The number of fused-ring (bicyclic) bond motifs is 2. The Morgan fingerprint density at radius 2 is 2.19 bits per heavy atom. The van der Waals surface area contributed by atoms with Crippen LogP contribution in [0.3, 0.4) is 0 Å². The summed E-state index contributed by atoms with van der Waals surface area (Å²) in [5.74, 6) is 0.947. The Morgan fingerprint density at radius 1 is 1.30 bits per heavy atom. The highest BCUT2D eigenvalue weighted by Gasteiger charge is 2.27. The minimum atomic E-state index is 0.000793. The van der Waals surface area contributed by atoms with Crippen molar-refractivity contribution in [3.8, 4) is 0 Å². The number of hydrogen-bond acceptors (Lipinski definition) is 4. The van der Waals surface area contributed by atoms with E-state index < -0.39 is 0 Å². The van der Waals surface area contributed by atoms with Crippen molar-refractivity contribution in [2.75, 3.05) is 13.1 Å². The van der Waals surface area contributed by atoms with Crippen LogP contribution in [0.5, 0.6) is 0 Å². The number of imidazole rings is 1. The van der Waals surface area contributed by atoms with Crippen LogP contribution in [0.15, 0.2) is 42.6 Å². The molecule has 1 aliphatic carbocycles. The Morgan fingerprint density at radius 3 is 3.04 bits per heavy atom. The highest BCUT2D eigenvalue weighted by Crippen LogP contribution is 2.33. The van der Waals surface area contributed by atoms with Gasteiger partial charge in [-0.15, -0.1) is 0 Å². The molecule has 0 saturated carbocycles. The third-order valence-electron chi connectivity index (χ3n) is 5.11. The number of aromatic amines is 1. The van der Waals surface area contributed by atoms with Gasteiger partial charge in [0, 0.05) is 19.3 Å². The van der Waals surface area contributed by atoms with E-state index in [0.717, 1.165) is 42.7 Å². The molecule has 1 unspecified atom stereocenters. The first-order valence-electron chi connectivity index (χ1n) is 9.40. The Hall–Kier alpha value is -2.93. The topological polar surface area (TPSA) is 107 Å². The second-order valence-electron chi connectivity index (χ2n) is 6.97. The van der Waals surface area contributed by atoms with Crippen LogP contribution in [-0.4, -0.2) is 38.9 Å². The maximum atomic E-state index is 7.41. The number of H-pyrrole nitrogens is 1. The Bertz CT molecular complexity index is 900. The van der Waals surface area contributed by atoms with Gasteiger partial charge in [0.05, 0.1) is 29.3 Å². The maximum absolute atomic E-state index is 7.41. The van der Waals surface area contributed by atoms with Crippen molar-refractivity contribution in [3.05, 3.63) is 59.7 Å². The number of guanidine groups is 1. The summed E-state index contributed by atoms with van der Waals surface area (Å²) in [6.45, 7) is 2.08. The lowest BCUT2D eigenvalue weighted by atomic mass is 9.91. The first-order chi connectivity index (χ1) is 13.2. The van der Waals surface area contributed by atoms with E-state index in [4.69, 9.17) is 16.1 Å². The molecule has 140 valence electrons. The summed E-state index contributed by atoms with van der Waals surface area (Å²) in [5, 5.41) is 10.3. The fourth-order valence-corrected chi connectivity index (χ4v) is 3.89. The fraction of sp³-hybridized carbons (Fsp3) is 0.350. The lowest BCUT2D eigenvalue weighted by Gasteiger charge is -2.34. The number of aromatic nitrogens is 3. The third kappa shape index (κ3) is 3.93. The number of pyridine rings is 1. The summed E-state index contributed by atoms with van der Waals surface area (Å²) >= 11 is 0. The summed E-state index contributed by atoms with van der Waals surface area (Å²) in [6.07, 6.45) is 5.19. The molecule has 1 aliphatic rings. The number of para-hydroxylation sites is 2. The number of nitrogens with two attached hydrogens (primary N) is 1. The molecule has 1 aromatic carbocycles. The summed E-state index contributed by atoms with van der Waals surface area (Å²) < 4.78 is 0. The second kappa shape index (κ2) is 7.75. The first-order valence-corrected chi connectivity index (χ1v) is 9.40. The average molecular weight is 363 g/mol. The van der Waals surface area contributed by atoms with Crippen LogP contribution < -0.4 is 11.1 Å². The van der Waals surface area contributed by atoms with Crippen LogP contribution in [0.2, 0.25) is 0 Å². The first kappa shape index (κ1) is 17.5. The molecule has 2 heterocycles. The summed E-state index contributed by atoms with van der Waals surface area (Å²) in [6, 6.07) is 12.5. The number of rotatable bonds is 6. The molecule has 4 rings (SSSR count). The molecule has 7 nitrogen and oxygen atoms in total. The van der Waals surface area contributed by atoms with Crippen LogP contribution in [0, 0.1) is 5.41 Å². The molecule has 0 aliphatic heterocycles. The molecule has 3 aromatic rings. The van der Waals surface area contributed by atoms with Crippen molar-refractivity contribution in [1.82, 2.24) is 25.2 Å². The van der Waals surface area contributed by atoms with Crippen molar-refractivity contribution >= 4 is 17.0 Å². The van der Waals surface area contributed by atoms with E-state index in [-0.39, 0.29) is 12.0 Å². The number of aryl methyl sites for hydroxylation is 1. The van der Waals surface area contributed by atoms with Crippen LogP contribution in [0.4, 0.5) is 0 Å². The van der Waals surface area contributed by atoms with Gasteiger partial charge in [0.15, 0.2) is 5.96 Å². The molecule has 0 bridgehead atoms. The van der Waals surface area contributed by atoms with E-state index in [9.17, 15) is 0 Å². The van der Waals surface area contributed by atoms with Crippen LogP contribution in [0.25, 0.3) is 11.0 Å². The molecule has 0 fully saturated rings. The highest BCUT2D eigenvalue weighted by molar-refractivity contribution is 5.74. The van der Waals surface area contributed by atoms with E-state index in [2.05, 4.69) is 26.3 Å². The maximum Gasteiger partial charge on any atom is 0.185 e. The van der Waals surface area contributed by atoms with Gasteiger partial charge in [-0.25, -0.2) is 4.98 Å². The lowest BCUT2D eigenvalue weighted by molar-refractivity contribution is 0.165. The van der Waals surface area contributed by atoms with Crippen molar-refractivity contribution in [2.24, 2.45) is 5.73 Å². The molecule has 7 heteroatoms. The number of nitrogens with one attached hydrogen (secondary N) is 3. The number of nitrogens with zero attached hydrogens (tertiary/aromatic N) is 3. The van der Waals surface area contributed by atoms with Crippen molar-refractivity contribution in [1.29, 1.82) is 5.41 Å². The van der Waals surface area contributed by atoms with Gasteiger partial charge >= 0.3 is 0 Å². The lowest BCUT2D eigenvalue weighted by Crippen LogP contribution is -2.40. The molecule has 0 saturated heterocycles. The predicted molar refractivity (Wildman–Crippen MR) is 106 cm³/mol. The van der Waals surface area contributed by atoms with E-state index >= 15 is 0 Å². The highest BCUT2D eigenvalue weighted by atomic mass is 15.2. The minimum Gasteiger partial charge on any atom is -0.370 e. The zero-order chi connectivity index (χ0) is 18.6. The van der Waals surface area contributed by atoms with Crippen molar-refractivity contribution < 1.29 is 0 Å². The smallest absolute Gasteiger partial charge is 0.185 e. The van der Waals surface area contributed by atoms with Crippen LogP contribution in [-0.2, 0) is 13.0 Å². The number of hydrogen-bond donors (Lipinski definition) is 4.